The van der Waals surface area contributed by atoms with Gasteiger partial charge >= 0.3 is 0 Å². The third kappa shape index (κ3) is 4.00. The van der Waals surface area contributed by atoms with Crippen molar-refractivity contribution in [1.82, 2.24) is 9.88 Å². The lowest BCUT2D eigenvalue weighted by Crippen LogP contribution is -2.43. The lowest BCUT2D eigenvalue weighted by molar-refractivity contribution is -0.0309. The number of hydrogen-bond donors (Lipinski definition) is 0. The van der Waals surface area contributed by atoms with Crippen LogP contribution in [0.5, 0.6) is 0 Å². The van der Waals surface area contributed by atoms with E-state index >= 15 is 0 Å². The summed E-state index contributed by atoms with van der Waals surface area (Å²) in [5.41, 5.74) is 2.36. The predicted molar refractivity (Wildman–Crippen MR) is 99.7 cm³/mol. The van der Waals surface area contributed by atoms with Crippen LogP contribution in [-0.4, -0.2) is 35.7 Å². The van der Waals surface area contributed by atoms with E-state index in [1.165, 1.54) is 5.56 Å². The van der Waals surface area contributed by atoms with Crippen molar-refractivity contribution in [2.75, 3.05) is 19.7 Å². The Morgan fingerprint density at radius 1 is 1.20 bits per heavy atom. The van der Waals surface area contributed by atoms with Gasteiger partial charge in [0.1, 0.15) is 5.76 Å². The molecule has 1 atom stereocenters. The van der Waals surface area contributed by atoms with E-state index in [9.17, 15) is 0 Å². The summed E-state index contributed by atoms with van der Waals surface area (Å²) in [7, 11) is 0. The zero-order chi connectivity index (χ0) is 17.1. The molecule has 1 aromatic carbocycles. The summed E-state index contributed by atoms with van der Waals surface area (Å²) in [5.74, 6) is 1.64. The molecule has 0 aliphatic carbocycles. The van der Waals surface area contributed by atoms with E-state index in [4.69, 9.17) is 14.1 Å². The Morgan fingerprint density at radius 2 is 2.08 bits per heavy atom. The molecule has 0 radical (unpaired) electrons. The highest BCUT2D eigenvalue weighted by atomic mass is 32.1. The Bertz CT molecular complexity index is 798. The zero-order valence-electron chi connectivity index (χ0n) is 14.4. The number of rotatable bonds is 5. The van der Waals surface area contributed by atoms with Gasteiger partial charge in [0.2, 0.25) is 5.89 Å². The van der Waals surface area contributed by atoms with Gasteiger partial charge in [-0.25, -0.2) is 4.98 Å². The minimum absolute atomic E-state index is 0.236. The van der Waals surface area contributed by atoms with Crippen LogP contribution >= 0.6 is 11.3 Å². The molecule has 0 N–H and O–H groups in total. The first-order valence-corrected chi connectivity index (χ1v) is 9.54. The van der Waals surface area contributed by atoms with Crippen molar-refractivity contribution in [3.05, 3.63) is 64.9 Å². The van der Waals surface area contributed by atoms with Crippen molar-refractivity contribution in [2.24, 2.45) is 0 Å². The Morgan fingerprint density at radius 3 is 2.88 bits per heavy atom. The normalized spacial score (nSPS) is 18.5. The molecule has 1 saturated heterocycles. The van der Waals surface area contributed by atoms with Crippen LogP contribution in [0.15, 0.2) is 52.3 Å². The largest absolute Gasteiger partial charge is 0.440 e. The van der Waals surface area contributed by atoms with Crippen molar-refractivity contribution in [2.45, 2.75) is 26.0 Å². The fourth-order valence-electron chi connectivity index (χ4n) is 3.22. The lowest BCUT2D eigenvalue weighted by atomic mass is 10.1. The molecule has 3 aromatic rings. The van der Waals surface area contributed by atoms with Gasteiger partial charge in [0.25, 0.3) is 0 Å². The molecule has 5 heteroatoms. The molecule has 0 unspecified atom stereocenters. The predicted octanol–water partition coefficient (Wildman–Crippen LogP) is 4.16. The molecule has 0 bridgehead atoms. The number of benzene rings is 1. The van der Waals surface area contributed by atoms with Gasteiger partial charge in [-0.1, -0.05) is 36.4 Å². The van der Waals surface area contributed by atoms with Gasteiger partial charge in [0.15, 0.2) is 0 Å². The average molecular weight is 354 g/mol. The minimum Gasteiger partial charge on any atom is -0.440 e. The highest BCUT2D eigenvalue weighted by Gasteiger charge is 2.23. The summed E-state index contributed by atoms with van der Waals surface area (Å²) in [6, 6.07) is 14.6. The number of aryl methyl sites for hydroxylation is 1. The Balaban J connectivity index is 1.41. The second-order valence-electron chi connectivity index (χ2n) is 6.42. The molecule has 4 nitrogen and oxygen atoms in total. The molecule has 4 rings (SSSR count). The van der Waals surface area contributed by atoms with Crippen LogP contribution in [0.4, 0.5) is 0 Å². The first kappa shape index (κ1) is 16.5. The summed E-state index contributed by atoms with van der Waals surface area (Å²) in [6.07, 6.45) is 1.19. The van der Waals surface area contributed by atoms with Gasteiger partial charge in [-0.05, 0) is 30.4 Å². The van der Waals surface area contributed by atoms with Gasteiger partial charge in [-0.3, -0.25) is 4.90 Å². The van der Waals surface area contributed by atoms with E-state index in [1.807, 2.05) is 24.4 Å². The number of oxazole rings is 1. The number of thiophene rings is 1. The van der Waals surface area contributed by atoms with Gasteiger partial charge < -0.3 is 9.15 Å². The highest BCUT2D eigenvalue weighted by Crippen LogP contribution is 2.26. The first-order chi connectivity index (χ1) is 12.3. The number of nitrogens with zero attached hydrogens (tertiary/aromatic N) is 2. The Hall–Kier alpha value is -1.95. The number of aromatic nitrogens is 1. The van der Waals surface area contributed by atoms with Gasteiger partial charge in [0.05, 0.1) is 23.3 Å². The maximum atomic E-state index is 5.96. The number of morpholine rings is 1. The maximum absolute atomic E-state index is 5.96. The molecule has 1 fully saturated rings. The van der Waals surface area contributed by atoms with Crippen molar-refractivity contribution in [1.29, 1.82) is 0 Å². The number of ether oxygens (including phenoxy) is 1. The van der Waals surface area contributed by atoms with Crippen LogP contribution < -0.4 is 0 Å². The fourth-order valence-corrected chi connectivity index (χ4v) is 3.87. The SMILES string of the molecule is Cc1oc(-c2cccs2)nc1CN1CCO[C@H](Cc2ccccc2)C1. The Labute approximate surface area is 152 Å². The summed E-state index contributed by atoms with van der Waals surface area (Å²) >= 11 is 1.66. The molecule has 1 aliphatic rings. The zero-order valence-corrected chi connectivity index (χ0v) is 15.2. The van der Waals surface area contributed by atoms with E-state index in [0.29, 0.717) is 0 Å². The maximum Gasteiger partial charge on any atom is 0.236 e. The van der Waals surface area contributed by atoms with Crippen LogP contribution in [0.1, 0.15) is 17.0 Å². The van der Waals surface area contributed by atoms with E-state index in [1.54, 1.807) is 11.3 Å². The smallest absolute Gasteiger partial charge is 0.236 e. The molecule has 1 aliphatic heterocycles. The molecule has 3 heterocycles. The van der Waals surface area contributed by atoms with E-state index < -0.39 is 0 Å². The molecule has 0 spiro atoms. The summed E-state index contributed by atoms with van der Waals surface area (Å²) in [4.78, 5) is 8.22. The van der Waals surface area contributed by atoms with E-state index in [-0.39, 0.29) is 6.10 Å². The van der Waals surface area contributed by atoms with Gasteiger partial charge in [-0.2, -0.15) is 0 Å². The Kier molecular flexibility index (Phi) is 4.97. The quantitative estimate of drug-likeness (QED) is 0.690. The molecule has 2 aromatic heterocycles. The minimum atomic E-state index is 0.236. The molecule has 0 saturated carbocycles. The lowest BCUT2D eigenvalue weighted by Gasteiger charge is -2.32. The molecular weight excluding hydrogens is 332 g/mol. The number of hydrogen-bond acceptors (Lipinski definition) is 5. The van der Waals surface area contributed by atoms with Gasteiger partial charge in [0, 0.05) is 19.6 Å². The van der Waals surface area contributed by atoms with Crippen LogP contribution in [0.3, 0.4) is 0 Å². The second kappa shape index (κ2) is 7.52. The molecule has 25 heavy (non-hydrogen) atoms. The fraction of sp³-hybridized carbons (Fsp3) is 0.350. The van der Waals surface area contributed by atoms with Crippen LogP contribution in [-0.2, 0) is 17.7 Å². The first-order valence-electron chi connectivity index (χ1n) is 8.66. The topological polar surface area (TPSA) is 38.5 Å². The third-order valence-corrected chi connectivity index (χ3v) is 5.38. The van der Waals surface area contributed by atoms with Crippen molar-refractivity contribution >= 4 is 11.3 Å². The third-order valence-electron chi connectivity index (χ3n) is 4.53. The van der Waals surface area contributed by atoms with Crippen molar-refractivity contribution in [3.63, 3.8) is 0 Å². The van der Waals surface area contributed by atoms with Crippen molar-refractivity contribution < 1.29 is 9.15 Å². The molecular formula is C20H22N2O2S. The summed E-state index contributed by atoms with van der Waals surface area (Å²) in [5, 5.41) is 2.05. The summed E-state index contributed by atoms with van der Waals surface area (Å²) in [6.45, 7) is 5.45. The highest BCUT2D eigenvalue weighted by molar-refractivity contribution is 7.13. The van der Waals surface area contributed by atoms with Crippen LogP contribution in [0.25, 0.3) is 10.8 Å². The van der Waals surface area contributed by atoms with E-state index in [2.05, 4.69) is 35.2 Å². The monoisotopic (exact) mass is 354 g/mol. The van der Waals surface area contributed by atoms with E-state index in [0.717, 1.165) is 54.9 Å². The molecule has 0 amide bonds. The summed E-state index contributed by atoms with van der Waals surface area (Å²) < 4.78 is 11.8. The standard InChI is InChI=1S/C20H22N2O2S/c1-15-18(21-20(24-15)19-8-5-11-25-19)14-22-9-10-23-17(13-22)12-16-6-3-2-4-7-16/h2-8,11,17H,9-10,12-14H2,1H3/t17-/m1/s1. The van der Waals surface area contributed by atoms with Crippen LogP contribution in [0, 0.1) is 6.92 Å². The van der Waals surface area contributed by atoms with Crippen LogP contribution in [0.2, 0.25) is 0 Å². The van der Waals surface area contributed by atoms with Crippen molar-refractivity contribution in [3.8, 4) is 10.8 Å². The van der Waals surface area contributed by atoms with Gasteiger partial charge in [-0.15, -0.1) is 11.3 Å². The second-order valence-corrected chi connectivity index (χ2v) is 7.36. The molecule has 130 valence electrons. The average Bonchev–Trinajstić information content (AvgIpc) is 3.27.